The average molecular weight is 400 g/mol. The van der Waals surface area contributed by atoms with Gasteiger partial charge in [0.25, 0.3) is 0 Å². The summed E-state index contributed by atoms with van der Waals surface area (Å²) >= 11 is 0. The maximum Gasteiger partial charge on any atom is 0.573 e. The summed E-state index contributed by atoms with van der Waals surface area (Å²) < 4.78 is 89.7. The van der Waals surface area contributed by atoms with Gasteiger partial charge in [-0.05, 0) is 37.1 Å². The van der Waals surface area contributed by atoms with E-state index in [0.29, 0.717) is 0 Å². The molecule has 0 aromatic heterocycles. The zero-order valence-corrected chi connectivity index (χ0v) is 13.6. The molecule has 150 valence electrons. The van der Waals surface area contributed by atoms with Crippen molar-refractivity contribution in [2.45, 2.75) is 31.5 Å². The van der Waals surface area contributed by atoms with Crippen molar-refractivity contribution >= 4 is 12.0 Å². The van der Waals surface area contributed by atoms with Crippen LogP contribution in [-0.4, -0.2) is 42.9 Å². The van der Waals surface area contributed by atoms with Gasteiger partial charge in [0.05, 0.1) is 12.2 Å². The highest BCUT2D eigenvalue weighted by atomic mass is 19.4. The van der Waals surface area contributed by atoms with Crippen molar-refractivity contribution in [2.75, 3.05) is 13.2 Å². The van der Waals surface area contributed by atoms with E-state index in [-0.39, 0.29) is 37.4 Å². The Morgan fingerprint density at radius 2 is 1.85 bits per heavy atom. The topological polar surface area (TPSA) is 65.0 Å². The zero-order chi connectivity index (χ0) is 20.2. The van der Waals surface area contributed by atoms with Gasteiger partial charge in [0, 0.05) is 12.2 Å². The van der Waals surface area contributed by atoms with Gasteiger partial charge in [-0.2, -0.15) is 13.2 Å². The summed E-state index contributed by atoms with van der Waals surface area (Å²) in [4.78, 5) is 12.0. The summed E-state index contributed by atoms with van der Waals surface area (Å²) in [5.41, 5.74) is -1.09. The molecule has 0 saturated carbocycles. The van der Waals surface area contributed by atoms with Crippen LogP contribution in [0.3, 0.4) is 0 Å². The molecule has 0 unspecified atom stereocenters. The van der Waals surface area contributed by atoms with Crippen LogP contribution in [0.2, 0.25) is 0 Å². The van der Waals surface area contributed by atoms with Gasteiger partial charge in [0.2, 0.25) is 6.10 Å². The predicted molar refractivity (Wildman–Crippen MR) is 78.9 cm³/mol. The molecule has 0 saturated heterocycles. The number of hydrogen-bond acceptors (Lipinski definition) is 5. The highest BCUT2D eigenvalue weighted by molar-refractivity contribution is 5.96. The van der Waals surface area contributed by atoms with E-state index in [0.717, 1.165) is 24.3 Å². The van der Waals surface area contributed by atoms with E-state index in [2.05, 4.69) is 4.74 Å². The number of carbonyl (C=O) groups is 1. The summed E-state index contributed by atoms with van der Waals surface area (Å²) in [7, 11) is 0. The Labute approximate surface area is 149 Å². The molecule has 1 aromatic rings. The minimum Gasteiger partial charge on any atom is -0.475 e. The average Bonchev–Trinajstić information content (AvgIpc) is 2.55. The zero-order valence-electron chi connectivity index (χ0n) is 13.6. The van der Waals surface area contributed by atoms with Crippen LogP contribution >= 0.6 is 0 Å². The van der Waals surface area contributed by atoms with Gasteiger partial charge in [-0.3, -0.25) is 0 Å². The van der Waals surface area contributed by atoms with E-state index in [9.17, 15) is 31.1 Å². The number of unbranched alkanes of at least 4 members (excludes halogenated alkanes) is 1. The molecule has 11 heteroatoms. The van der Waals surface area contributed by atoms with E-state index < -0.39 is 35.9 Å². The monoisotopic (exact) mass is 400 g/mol. The number of carbonyl (C=O) groups excluding carboxylic acids is 1. The third kappa shape index (κ3) is 5.78. The van der Waals surface area contributed by atoms with E-state index in [4.69, 9.17) is 14.6 Å². The second-order valence-corrected chi connectivity index (χ2v) is 5.45. The number of aliphatic hydroxyl groups excluding tert-OH is 1. The number of esters is 1. The predicted octanol–water partition coefficient (Wildman–Crippen LogP) is 3.61. The molecule has 1 aliphatic rings. The molecule has 0 amide bonds. The van der Waals surface area contributed by atoms with Crippen molar-refractivity contribution in [2.24, 2.45) is 0 Å². The smallest absolute Gasteiger partial charge is 0.475 e. The summed E-state index contributed by atoms with van der Waals surface area (Å²) in [5, 5.41) is 8.63. The first kappa shape index (κ1) is 20.9. The third-order valence-electron chi connectivity index (χ3n) is 3.37. The molecular weight excluding hydrogens is 386 g/mol. The highest BCUT2D eigenvalue weighted by Gasteiger charge is 2.49. The Morgan fingerprint density at radius 1 is 1.15 bits per heavy atom. The number of halogens is 6. The molecule has 1 aliphatic heterocycles. The maximum atomic E-state index is 13.2. The first-order chi connectivity index (χ1) is 12.5. The number of alkyl halides is 6. The lowest BCUT2D eigenvalue weighted by Gasteiger charge is -2.28. The van der Waals surface area contributed by atoms with Gasteiger partial charge < -0.3 is 19.3 Å². The summed E-state index contributed by atoms with van der Waals surface area (Å²) in [6, 6.07) is 2.48. The van der Waals surface area contributed by atoms with Crippen molar-refractivity contribution in [3.63, 3.8) is 0 Å². The number of rotatable bonds is 6. The number of fused-ring (bicyclic) bond motifs is 1. The molecule has 0 radical (unpaired) electrons. The summed E-state index contributed by atoms with van der Waals surface area (Å²) in [6.45, 7) is -0.407. The second kappa shape index (κ2) is 8.07. The number of hydrogen-bond donors (Lipinski definition) is 1. The van der Waals surface area contributed by atoms with E-state index in [1.54, 1.807) is 0 Å². The number of aliphatic hydroxyl groups is 1. The van der Waals surface area contributed by atoms with E-state index in [1.807, 2.05) is 0 Å². The SMILES string of the molecule is O=C(OCCCCO)C1=Cc2cc(OC(F)(F)F)ccc2O[C@@H]1C(F)(F)F. The lowest BCUT2D eigenvalue weighted by Crippen LogP contribution is -2.40. The first-order valence-electron chi connectivity index (χ1n) is 7.64. The molecule has 5 nitrogen and oxygen atoms in total. The fraction of sp³-hybridized carbons (Fsp3) is 0.438. The van der Waals surface area contributed by atoms with E-state index >= 15 is 0 Å². The van der Waals surface area contributed by atoms with Crippen LogP contribution in [0.4, 0.5) is 26.3 Å². The van der Waals surface area contributed by atoms with E-state index in [1.165, 1.54) is 0 Å². The molecule has 1 N–H and O–H groups in total. The van der Waals surface area contributed by atoms with Gasteiger partial charge in [-0.25, -0.2) is 4.79 Å². The summed E-state index contributed by atoms with van der Waals surface area (Å²) in [6.07, 6.45) is -11.3. The lowest BCUT2D eigenvalue weighted by molar-refractivity contribution is -0.274. The van der Waals surface area contributed by atoms with Crippen molar-refractivity contribution in [3.05, 3.63) is 29.3 Å². The normalized spacial score (nSPS) is 16.9. The molecule has 0 aliphatic carbocycles. The van der Waals surface area contributed by atoms with Crippen molar-refractivity contribution in [1.29, 1.82) is 0 Å². The van der Waals surface area contributed by atoms with Crippen LogP contribution in [0.15, 0.2) is 23.8 Å². The van der Waals surface area contributed by atoms with Crippen LogP contribution in [0.5, 0.6) is 11.5 Å². The fourth-order valence-corrected chi connectivity index (χ4v) is 2.25. The molecular formula is C16H14F6O5. The Kier molecular flexibility index (Phi) is 6.24. The lowest BCUT2D eigenvalue weighted by atomic mass is 10.0. The van der Waals surface area contributed by atoms with Crippen LogP contribution in [-0.2, 0) is 9.53 Å². The molecule has 1 atom stereocenters. The van der Waals surface area contributed by atoms with Crippen LogP contribution < -0.4 is 9.47 Å². The molecule has 1 aromatic carbocycles. The third-order valence-corrected chi connectivity index (χ3v) is 3.37. The molecule has 27 heavy (non-hydrogen) atoms. The fourth-order valence-electron chi connectivity index (χ4n) is 2.25. The Balaban J connectivity index is 2.30. The van der Waals surface area contributed by atoms with Gasteiger partial charge in [0.1, 0.15) is 11.5 Å². The molecule has 2 rings (SSSR count). The maximum absolute atomic E-state index is 13.2. The Morgan fingerprint density at radius 3 is 2.44 bits per heavy atom. The molecule has 0 bridgehead atoms. The number of benzene rings is 1. The quantitative estimate of drug-likeness (QED) is 0.449. The van der Waals surface area contributed by atoms with Crippen LogP contribution in [0.25, 0.3) is 6.08 Å². The largest absolute Gasteiger partial charge is 0.573 e. The molecule has 0 fully saturated rings. The van der Waals surface area contributed by atoms with Gasteiger partial charge in [-0.1, -0.05) is 0 Å². The van der Waals surface area contributed by atoms with Crippen molar-refractivity contribution in [3.8, 4) is 11.5 Å². The molecule has 0 spiro atoms. The highest BCUT2D eigenvalue weighted by Crippen LogP contribution is 2.39. The second-order valence-electron chi connectivity index (χ2n) is 5.45. The van der Waals surface area contributed by atoms with Gasteiger partial charge >= 0.3 is 18.5 Å². The van der Waals surface area contributed by atoms with Gasteiger partial charge in [0.15, 0.2) is 0 Å². The minimum atomic E-state index is -4.99. The first-order valence-corrected chi connectivity index (χ1v) is 7.64. The number of ether oxygens (including phenoxy) is 3. The minimum absolute atomic E-state index is 0.177. The van der Waals surface area contributed by atoms with Gasteiger partial charge in [-0.15, -0.1) is 13.2 Å². The van der Waals surface area contributed by atoms with Crippen molar-refractivity contribution in [1.82, 2.24) is 0 Å². The molecule has 1 heterocycles. The van der Waals surface area contributed by atoms with Crippen molar-refractivity contribution < 1.29 is 50.5 Å². The van der Waals surface area contributed by atoms with Crippen LogP contribution in [0, 0.1) is 0 Å². The summed E-state index contributed by atoms with van der Waals surface area (Å²) in [5.74, 6) is -2.35. The standard InChI is InChI=1S/C16H14F6O5/c17-15(18,19)13-11(14(24)25-6-2-1-5-23)8-9-7-10(27-16(20,21)22)3-4-12(9)26-13/h3-4,7-8,13,23H,1-2,5-6H2/t13-/m0/s1. The Bertz CT molecular complexity index is 710. The Hall–Kier alpha value is -2.43. The van der Waals surface area contributed by atoms with Crippen LogP contribution in [0.1, 0.15) is 18.4 Å².